The van der Waals surface area contributed by atoms with E-state index < -0.39 is 10.0 Å². The first kappa shape index (κ1) is 18.4. The largest absolute Gasteiger partial charge is 0.368 e. The number of sulfonamides is 1. The highest BCUT2D eigenvalue weighted by molar-refractivity contribution is 7.92. The minimum Gasteiger partial charge on any atom is -0.368 e. The topological polar surface area (TPSA) is 84.0 Å². The molecule has 0 saturated carbocycles. The van der Waals surface area contributed by atoms with Gasteiger partial charge in [0.25, 0.3) is 10.0 Å². The lowest BCUT2D eigenvalue weighted by molar-refractivity contribution is 0.601. The average molecular weight is 372 g/mol. The Balaban J connectivity index is 1.56. The second-order valence-corrected chi connectivity index (χ2v) is 8.19. The first-order chi connectivity index (χ1) is 12.5. The lowest BCUT2D eigenvalue weighted by Gasteiger charge is -2.13. The standard InChI is InChI=1S/C19H24N4O2S/c1-15-6-5-9-17(14-15)26(24,25)23-19-11-10-18(21-22-19)20-13-12-16-7-3-2-4-8-16/h5-7,9-11,14H,2-4,8,12-13H2,1H3,(H,20,21)(H,22,23). The van der Waals surface area contributed by atoms with E-state index in [4.69, 9.17) is 0 Å². The van der Waals surface area contributed by atoms with Gasteiger partial charge in [0, 0.05) is 6.54 Å². The van der Waals surface area contributed by atoms with Gasteiger partial charge in [-0.15, -0.1) is 10.2 Å². The lowest BCUT2D eigenvalue weighted by Crippen LogP contribution is -2.15. The van der Waals surface area contributed by atoms with Crippen LogP contribution in [0.4, 0.5) is 11.6 Å². The molecule has 138 valence electrons. The summed E-state index contributed by atoms with van der Waals surface area (Å²) in [4.78, 5) is 0.210. The van der Waals surface area contributed by atoms with Crippen LogP contribution in [0.25, 0.3) is 0 Å². The molecule has 2 N–H and O–H groups in total. The number of allylic oxidation sites excluding steroid dienone is 1. The summed E-state index contributed by atoms with van der Waals surface area (Å²) in [5.74, 6) is 0.840. The molecule has 1 aromatic heterocycles. The molecule has 0 bridgehead atoms. The van der Waals surface area contributed by atoms with Crippen molar-refractivity contribution in [2.45, 2.75) is 43.9 Å². The Bertz CT molecular complexity index is 877. The van der Waals surface area contributed by atoms with Gasteiger partial charge in [-0.2, -0.15) is 0 Å². The third-order valence-electron chi connectivity index (χ3n) is 4.34. The summed E-state index contributed by atoms with van der Waals surface area (Å²) in [5.41, 5.74) is 2.38. The van der Waals surface area contributed by atoms with Gasteiger partial charge in [-0.25, -0.2) is 8.42 Å². The second kappa shape index (κ2) is 8.31. The van der Waals surface area contributed by atoms with Gasteiger partial charge < -0.3 is 5.32 Å². The van der Waals surface area contributed by atoms with Crippen molar-refractivity contribution in [2.24, 2.45) is 0 Å². The molecule has 1 aliphatic carbocycles. The van der Waals surface area contributed by atoms with Crippen molar-refractivity contribution >= 4 is 21.7 Å². The van der Waals surface area contributed by atoms with E-state index in [1.54, 1.807) is 30.3 Å². The van der Waals surface area contributed by atoms with Crippen molar-refractivity contribution in [1.29, 1.82) is 0 Å². The zero-order valence-electron chi connectivity index (χ0n) is 14.9. The molecule has 26 heavy (non-hydrogen) atoms. The molecule has 0 radical (unpaired) electrons. The number of benzene rings is 1. The highest BCUT2D eigenvalue weighted by Gasteiger charge is 2.15. The fourth-order valence-electron chi connectivity index (χ4n) is 2.94. The van der Waals surface area contributed by atoms with Crippen molar-refractivity contribution in [3.8, 4) is 0 Å². The first-order valence-corrected chi connectivity index (χ1v) is 10.4. The number of hydrogen-bond acceptors (Lipinski definition) is 5. The molecular weight excluding hydrogens is 348 g/mol. The van der Waals surface area contributed by atoms with E-state index in [2.05, 4.69) is 26.3 Å². The Kier molecular flexibility index (Phi) is 5.88. The van der Waals surface area contributed by atoms with Crippen molar-refractivity contribution in [3.63, 3.8) is 0 Å². The summed E-state index contributed by atoms with van der Waals surface area (Å²) in [6.07, 6.45) is 8.28. The van der Waals surface area contributed by atoms with Crippen LogP contribution in [0.1, 0.15) is 37.7 Å². The molecule has 7 heteroatoms. The Morgan fingerprint density at radius 2 is 1.88 bits per heavy atom. The van der Waals surface area contributed by atoms with Gasteiger partial charge in [0.15, 0.2) is 5.82 Å². The predicted octanol–water partition coefficient (Wildman–Crippen LogP) is 3.89. The van der Waals surface area contributed by atoms with Crippen LogP contribution in [-0.2, 0) is 10.0 Å². The molecule has 0 spiro atoms. The maximum atomic E-state index is 12.4. The van der Waals surface area contributed by atoms with Gasteiger partial charge in [-0.1, -0.05) is 23.8 Å². The summed E-state index contributed by atoms with van der Waals surface area (Å²) in [5, 5.41) is 11.2. The number of anilines is 2. The van der Waals surface area contributed by atoms with E-state index in [-0.39, 0.29) is 10.7 Å². The number of aromatic nitrogens is 2. The first-order valence-electron chi connectivity index (χ1n) is 8.88. The molecular formula is C19H24N4O2S. The van der Waals surface area contributed by atoms with Crippen LogP contribution in [0.15, 0.2) is 52.9 Å². The molecule has 0 fully saturated rings. The van der Waals surface area contributed by atoms with E-state index in [0.717, 1.165) is 18.5 Å². The summed E-state index contributed by atoms with van der Waals surface area (Å²) in [7, 11) is -3.66. The number of hydrogen-bond donors (Lipinski definition) is 2. The molecule has 6 nitrogen and oxygen atoms in total. The van der Waals surface area contributed by atoms with Crippen LogP contribution in [-0.4, -0.2) is 25.2 Å². The van der Waals surface area contributed by atoms with E-state index in [1.165, 1.54) is 31.3 Å². The highest BCUT2D eigenvalue weighted by atomic mass is 32.2. The number of aryl methyl sites for hydroxylation is 1. The minimum atomic E-state index is -3.66. The van der Waals surface area contributed by atoms with Gasteiger partial charge in [-0.3, -0.25) is 4.72 Å². The van der Waals surface area contributed by atoms with E-state index in [0.29, 0.717) is 5.82 Å². The summed E-state index contributed by atoms with van der Waals surface area (Å²) < 4.78 is 27.2. The molecule has 0 saturated heterocycles. The zero-order chi connectivity index (χ0) is 18.4. The van der Waals surface area contributed by atoms with Gasteiger partial charge in [0.2, 0.25) is 0 Å². The quantitative estimate of drug-likeness (QED) is 0.721. The number of nitrogens with one attached hydrogen (secondary N) is 2. The Hall–Kier alpha value is -2.41. The molecule has 0 amide bonds. The normalized spacial score (nSPS) is 14.6. The maximum absolute atomic E-state index is 12.4. The smallest absolute Gasteiger partial charge is 0.263 e. The van der Waals surface area contributed by atoms with Crippen molar-refractivity contribution in [3.05, 3.63) is 53.6 Å². The van der Waals surface area contributed by atoms with Crippen LogP contribution >= 0.6 is 0 Å². The molecule has 1 aliphatic rings. The molecule has 1 heterocycles. The fraction of sp³-hybridized carbons (Fsp3) is 0.368. The highest BCUT2D eigenvalue weighted by Crippen LogP contribution is 2.20. The monoisotopic (exact) mass is 372 g/mol. The summed E-state index contributed by atoms with van der Waals surface area (Å²) in [6.45, 7) is 2.65. The van der Waals surface area contributed by atoms with Gasteiger partial charge in [-0.05, 0) is 68.9 Å². The number of rotatable bonds is 7. The van der Waals surface area contributed by atoms with Crippen LogP contribution in [0.2, 0.25) is 0 Å². The van der Waals surface area contributed by atoms with Crippen LogP contribution in [0.3, 0.4) is 0 Å². The molecule has 0 aliphatic heterocycles. The van der Waals surface area contributed by atoms with Crippen molar-refractivity contribution in [1.82, 2.24) is 10.2 Å². The van der Waals surface area contributed by atoms with E-state index in [1.807, 2.05) is 13.0 Å². The predicted molar refractivity (Wildman–Crippen MR) is 104 cm³/mol. The average Bonchev–Trinajstić information content (AvgIpc) is 2.64. The minimum absolute atomic E-state index is 0.201. The van der Waals surface area contributed by atoms with E-state index >= 15 is 0 Å². The summed E-state index contributed by atoms with van der Waals surface area (Å²) >= 11 is 0. The van der Waals surface area contributed by atoms with Gasteiger partial charge >= 0.3 is 0 Å². The maximum Gasteiger partial charge on any atom is 0.263 e. The Morgan fingerprint density at radius 1 is 1.08 bits per heavy atom. The third-order valence-corrected chi connectivity index (χ3v) is 5.69. The molecule has 0 unspecified atom stereocenters. The lowest BCUT2D eigenvalue weighted by atomic mass is 9.97. The molecule has 2 aromatic rings. The van der Waals surface area contributed by atoms with E-state index in [9.17, 15) is 8.42 Å². The summed E-state index contributed by atoms with van der Waals surface area (Å²) in [6, 6.07) is 10.1. The Labute approximate surface area is 154 Å². The van der Waals surface area contributed by atoms with Crippen LogP contribution in [0.5, 0.6) is 0 Å². The zero-order valence-corrected chi connectivity index (χ0v) is 15.7. The van der Waals surface area contributed by atoms with Crippen LogP contribution in [0, 0.1) is 6.92 Å². The SMILES string of the molecule is Cc1cccc(S(=O)(=O)Nc2ccc(NCCC3=CCCCC3)nn2)c1. The van der Waals surface area contributed by atoms with Crippen molar-refractivity contribution < 1.29 is 8.42 Å². The Morgan fingerprint density at radius 3 is 2.58 bits per heavy atom. The molecule has 3 rings (SSSR count). The second-order valence-electron chi connectivity index (χ2n) is 6.51. The van der Waals surface area contributed by atoms with Crippen molar-refractivity contribution in [2.75, 3.05) is 16.6 Å². The van der Waals surface area contributed by atoms with Gasteiger partial charge in [0.1, 0.15) is 5.82 Å². The molecule has 0 atom stereocenters. The third kappa shape index (κ3) is 5.05. The van der Waals surface area contributed by atoms with Crippen LogP contribution < -0.4 is 10.0 Å². The van der Waals surface area contributed by atoms with Gasteiger partial charge in [0.05, 0.1) is 4.90 Å². The molecule has 1 aromatic carbocycles. The number of nitrogens with zero attached hydrogens (tertiary/aromatic N) is 2. The fourth-order valence-corrected chi connectivity index (χ4v) is 4.04.